The molecule has 0 atom stereocenters. The van der Waals surface area contributed by atoms with Gasteiger partial charge in [0.05, 0.1) is 7.11 Å². The maximum Gasteiger partial charge on any atom is 0.257 e. The highest BCUT2D eigenvalue weighted by Gasteiger charge is 2.18. The number of methoxy groups -OCH3 is 1. The van der Waals surface area contributed by atoms with Crippen LogP contribution in [0, 0.1) is 0 Å². The highest BCUT2D eigenvalue weighted by molar-refractivity contribution is 5.77. The molecular formula is C22H29NO3. The van der Waals surface area contributed by atoms with Gasteiger partial charge in [-0.1, -0.05) is 51.1 Å². The Kier molecular flexibility index (Phi) is 7.07. The van der Waals surface area contributed by atoms with Gasteiger partial charge >= 0.3 is 0 Å². The molecule has 0 unspecified atom stereocenters. The Hall–Kier alpha value is -2.49. The molecule has 0 saturated carbocycles. The van der Waals surface area contributed by atoms with E-state index in [-0.39, 0.29) is 17.9 Å². The quantitative estimate of drug-likeness (QED) is 0.725. The number of rotatable bonds is 8. The van der Waals surface area contributed by atoms with Gasteiger partial charge in [0.15, 0.2) is 6.61 Å². The Labute approximate surface area is 156 Å². The lowest BCUT2D eigenvalue weighted by molar-refractivity contribution is -0.123. The van der Waals surface area contributed by atoms with Crippen LogP contribution in [0.25, 0.3) is 0 Å². The smallest absolute Gasteiger partial charge is 0.257 e. The molecule has 26 heavy (non-hydrogen) atoms. The van der Waals surface area contributed by atoms with Crippen LogP contribution in [0.4, 0.5) is 0 Å². The Morgan fingerprint density at radius 3 is 2.58 bits per heavy atom. The standard InChI is InChI=1S/C22H29NO3/c1-22(2,3)19-12-5-6-13-20(19)26-16-21(24)23-14-8-10-17-9-7-11-18(15-17)25-4/h5-7,9,11-13,15H,8,10,14,16H2,1-4H3,(H,23,24). The lowest BCUT2D eigenvalue weighted by atomic mass is 9.86. The average molecular weight is 355 g/mol. The highest BCUT2D eigenvalue weighted by atomic mass is 16.5. The summed E-state index contributed by atoms with van der Waals surface area (Å²) in [7, 11) is 1.66. The molecule has 4 nitrogen and oxygen atoms in total. The molecule has 0 bridgehead atoms. The SMILES string of the molecule is COc1cccc(CCCNC(=O)COc2ccccc2C(C)(C)C)c1. The number of aryl methyl sites for hydroxylation is 1. The molecular weight excluding hydrogens is 326 g/mol. The van der Waals surface area contributed by atoms with Gasteiger partial charge in [0.25, 0.3) is 5.91 Å². The average Bonchev–Trinajstić information content (AvgIpc) is 2.63. The van der Waals surface area contributed by atoms with Crippen LogP contribution in [-0.2, 0) is 16.6 Å². The second kappa shape index (κ2) is 9.27. The first-order valence-corrected chi connectivity index (χ1v) is 9.02. The van der Waals surface area contributed by atoms with Gasteiger partial charge in [0.1, 0.15) is 11.5 Å². The maximum atomic E-state index is 12.0. The number of carbonyl (C=O) groups excluding carboxylic acids is 1. The van der Waals surface area contributed by atoms with Crippen LogP contribution in [0.3, 0.4) is 0 Å². The van der Waals surface area contributed by atoms with Crippen molar-refractivity contribution in [2.75, 3.05) is 20.3 Å². The molecule has 2 aromatic carbocycles. The Morgan fingerprint density at radius 1 is 1.08 bits per heavy atom. The molecule has 0 aliphatic heterocycles. The summed E-state index contributed by atoms with van der Waals surface area (Å²) in [5.74, 6) is 1.53. The fourth-order valence-electron chi connectivity index (χ4n) is 2.75. The van der Waals surface area contributed by atoms with Crippen molar-refractivity contribution < 1.29 is 14.3 Å². The van der Waals surface area contributed by atoms with E-state index in [1.165, 1.54) is 5.56 Å². The third kappa shape index (κ3) is 6.10. The van der Waals surface area contributed by atoms with Gasteiger partial charge < -0.3 is 14.8 Å². The molecule has 2 rings (SSSR count). The molecule has 0 aliphatic rings. The third-order valence-electron chi connectivity index (χ3n) is 4.15. The molecule has 0 aromatic heterocycles. The van der Waals surface area contributed by atoms with Crippen molar-refractivity contribution in [3.8, 4) is 11.5 Å². The third-order valence-corrected chi connectivity index (χ3v) is 4.15. The first kappa shape index (κ1) is 19.8. The second-order valence-corrected chi connectivity index (χ2v) is 7.34. The molecule has 0 heterocycles. The van der Waals surface area contributed by atoms with Crippen LogP contribution in [0.15, 0.2) is 48.5 Å². The van der Waals surface area contributed by atoms with Crippen LogP contribution in [0.2, 0.25) is 0 Å². The predicted octanol–water partition coefficient (Wildman–Crippen LogP) is 4.12. The van der Waals surface area contributed by atoms with Crippen molar-refractivity contribution in [2.45, 2.75) is 39.0 Å². The van der Waals surface area contributed by atoms with Crippen molar-refractivity contribution in [1.29, 1.82) is 0 Å². The summed E-state index contributed by atoms with van der Waals surface area (Å²) in [5, 5.41) is 2.91. The van der Waals surface area contributed by atoms with E-state index in [2.05, 4.69) is 32.2 Å². The molecule has 1 amide bonds. The highest BCUT2D eigenvalue weighted by Crippen LogP contribution is 2.30. The van der Waals surface area contributed by atoms with E-state index < -0.39 is 0 Å². The van der Waals surface area contributed by atoms with Gasteiger partial charge in [-0.3, -0.25) is 4.79 Å². The number of ether oxygens (including phenoxy) is 2. The van der Waals surface area contributed by atoms with Gasteiger partial charge in [-0.25, -0.2) is 0 Å². The van der Waals surface area contributed by atoms with Gasteiger partial charge in [0, 0.05) is 6.54 Å². The fourth-order valence-corrected chi connectivity index (χ4v) is 2.75. The largest absolute Gasteiger partial charge is 0.497 e. The molecule has 0 saturated heterocycles. The van der Waals surface area contributed by atoms with Gasteiger partial charge in [-0.15, -0.1) is 0 Å². The Morgan fingerprint density at radius 2 is 1.85 bits per heavy atom. The first-order valence-electron chi connectivity index (χ1n) is 9.02. The molecule has 0 aliphatic carbocycles. The molecule has 140 valence electrons. The minimum absolute atomic E-state index is 0.0240. The van der Waals surface area contributed by atoms with Crippen molar-refractivity contribution >= 4 is 5.91 Å². The fraction of sp³-hybridized carbons (Fsp3) is 0.409. The molecule has 0 spiro atoms. The van der Waals surface area contributed by atoms with Crippen molar-refractivity contribution in [2.24, 2.45) is 0 Å². The zero-order chi connectivity index (χ0) is 19.0. The number of hydrogen-bond acceptors (Lipinski definition) is 3. The summed E-state index contributed by atoms with van der Waals surface area (Å²) in [6.07, 6.45) is 1.77. The molecule has 4 heteroatoms. The van der Waals surface area contributed by atoms with Crippen molar-refractivity contribution in [3.05, 3.63) is 59.7 Å². The predicted molar refractivity (Wildman–Crippen MR) is 105 cm³/mol. The second-order valence-electron chi connectivity index (χ2n) is 7.34. The van der Waals surface area contributed by atoms with Crippen LogP contribution < -0.4 is 14.8 Å². The number of nitrogens with one attached hydrogen (secondary N) is 1. The van der Waals surface area contributed by atoms with E-state index in [9.17, 15) is 4.79 Å². The van der Waals surface area contributed by atoms with Crippen molar-refractivity contribution in [3.63, 3.8) is 0 Å². The Balaban J connectivity index is 1.74. The molecule has 1 N–H and O–H groups in total. The number of amides is 1. The summed E-state index contributed by atoms with van der Waals surface area (Å²) in [4.78, 5) is 12.0. The zero-order valence-corrected chi connectivity index (χ0v) is 16.2. The minimum Gasteiger partial charge on any atom is -0.497 e. The van der Waals surface area contributed by atoms with Crippen LogP contribution in [0.1, 0.15) is 38.3 Å². The van der Waals surface area contributed by atoms with Gasteiger partial charge in [-0.2, -0.15) is 0 Å². The van der Waals surface area contributed by atoms with Crippen LogP contribution in [0.5, 0.6) is 11.5 Å². The summed E-state index contributed by atoms with van der Waals surface area (Å²) >= 11 is 0. The number of para-hydroxylation sites is 1. The van der Waals surface area contributed by atoms with E-state index in [1.807, 2.05) is 42.5 Å². The zero-order valence-electron chi connectivity index (χ0n) is 16.2. The minimum atomic E-state index is -0.0978. The monoisotopic (exact) mass is 355 g/mol. The molecule has 2 aromatic rings. The van der Waals surface area contributed by atoms with Gasteiger partial charge in [0.2, 0.25) is 0 Å². The Bertz CT molecular complexity index is 719. The number of carbonyl (C=O) groups is 1. The van der Waals surface area contributed by atoms with E-state index in [1.54, 1.807) is 7.11 Å². The van der Waals surface area contributed by atoms with Crippen LogP contribution >= 0.6 is 0 Å². The molecule has 0 fully saturated rings. The number of hydrogen-bond donors (Lipinski definition) is 1. The number of benzene rings is 2. The van der Waals surface area contributed by atoms with Gasteiger partial charge in [-0.05, 0) is 47.6 Å². The summed E-state index contributed by atoms with van der Waals surface area (Å²) in [6, 6.07) is 15.9. The van der Waals surface area contributed by atoms with E-state index in [4.69, 9.17) is 9.47 Å². The van der Waals surface area contributed by atoms with Crippen molar-refractivity contribution in [1.82, 2.24) is 5.32 Å². The summed E-state index contributed by atoms with van der Waals surface area (Å²) in [5.41, 5.74) is 2.28. The maximum absolute atomic E-state index is 12.0. The van der Waals surface area contributed by atoms with E-state index >= 15 is 0 Å². The first-order chi connectivity index (χ1) is 12.4. The van der Waals surface area contributed by atoms with Crippen LogP contribution in [-0.4, -0.2) is 26.2 Å². The normalized spacial score (nSPS) is 11.1. The topological polar surface area (TPSA) is 47.6 Å². The van der Waals surface area contributed by atoms with E-state index in [0.29, 0.717) is 6.54 Å². The lowest BCUT2D eigenvalue weighted by Gasteiger charge is -2.22. The summed E-state index contributed by atoms with van der Waals surface area (Å²) < 4.78 is 11.0. The summed E-state index contributed by atoms with van der Waals surface area (Å²) in [6.45, 7) is 7.06. The molecule has 0 radical (unpaired) electrons. The lowest BCUT2D eigenvalue weighted by Crippen LogP contribution is -2.30. The van der Waals surface area contributed by atoms with E-state index in [0.717, 1.165) is 29.9 Å².